The molecule has 1 atom stereocenters. The van der Waals surface area contributed by atoms with Gasteiger partial charge in [-0.1, -0.05) is 19.9 Å². The number of hydrogen-bond acceptors (Lipinski definition) is 6. The van der Waals surface area contributed by atoms with Gasteiger partial charge in [0.15, 0.2) is 5.13 Å². The second-order valence-electron chi connectivity index (χ2n) is 7.53. The van der Waals surface area contributed by atoms with Gasteiger partial charge in [-0.3, -0.25) is 4.79 Å². The molecule has 0 radical (unpaired) electrons. The molecule has 0 aromatic carbocycles. The summed E-state index contributed by atoms with van der Waals surface area (Å²) < 4.78 is 8.55. The minimum atomic E-state index is -0.0825. The zero-order chi connectivity index (χ0) is 21.1. The Morgan fingerprint density at radius 2 is 2.37 bits per heavy atom. The summed E-state index contributed by atoms with van der Waals surface area (Å²) in [6.45, 7) is 9.97. The molecule has 0 saturated carbocycles. The standard InChI is InChI=1S/C22H27N5O2S/c1-4-6-9-26-11-8-17-18(26)12-19(25-22-23-13-15(3)30-22)24-21(17)29-16-7-10-27(14-16)20(28)5-2/h5,8,11-13,16H,2,4,6-7,9-10,14H2,1,3H3,(H,23,24,25). The van der Waals surface area contributed by atoms with Crippen molar-refractivity contribution in [1.82, 2.24) is 19.4 Å². The molecular formula is C22H27N5O2S. The molecule has 0 aliphatic carbocycles. The van der Waals surface area contributed by atoms with Gasteiger partial charge in [0.25, 0.3) is 0 Å². The lowest BCUT2D eigenvalue weighted by molar-refractivity contribution is -0.125. The molecule has 1 amide bonds. The van der Waals surface area contributed by atoms with Crippen molar-refractivity contribution in [2.45, 2.75) is 45.8 Å². The third kappa shape index (κ3) is 4.33. The van der Waals surface area contributed by atoms with Crippen molar-refractivity contribution in [3.8, 4) is 5.88 Å². The predicted octanol–water partition coefficient (Wildman–Crippen LogP) is 4.51. The lowest BCUT2D eigenvalue weighted by Crippen LogP contribution is -2.29. The van der Waals surface area contributed by atoms with E-state index in [0.29, 0.717) is 24.8 Å². The van der Waals surface area contributed by atoms with E-state index in [2.05, 4.69) is 46.7 Å². The molecule has 8 heteroatoms. The summed E-state index contributed by atoms with van der Waals surface area (Å²) in [6, 6.07) is 4.11. The van der Waals surface area contributed by atoms with Crippen LogP contribution in [0.1, 0.15) is 31.1 Å². The predicted molar refractivity (Wildman–Crippen MR) is 121 cm³/mol. The number of carbonyl (C=O) groups is 1. The van der Waals surface area contributed by atoms with Crippen LogP contribution in [0.15, 0.2) is 37.2 Å². The number of anilines is 2. The number of aromatic nitrogens is 3. The molecule has 3 aromatic rings. The second kappa shape index (κ2) is 8.87. The Morgan fingerprint density at radius 1 is 1.50 bits per heavy atom. The van der Waals surface area contributed by atoms with Crippen LogP contribution in [-0.4, -0.2) is 44.5 Å². The number of unbranched alkanes of at least 4 members (excludes halogenated alkanes) is 1. The van der Waals surface area contributed by atoms with Gasteiger partial charge in [-0.2, -0.15) is 4.98 Å². The van der Waals surface area contributed by atoms with E-state index in [-0.39, 0.29) is 12.0 Å². The van der Waals surface area contributed by atoms with Gasteiger partial charge in [0, 0.05) is 42.8 Å². The Morgan fingerprint density at radius 3 is 3.10 bits per heavy atom. The summed E-state index contributed by atoms with van der Waals surface area (Å²) in [5.41, 5.74) is 1.08. The number of nitrogens with one attached hydrogen (secondary N) is 1. The van der Waals surface area contributed by atoms with Gasteiger partial charge in [0.1, 0.15) is 11.9 Å². The second-order valence-corrected chi connectivity index (χ2v) is 8.76. The number of hydrogen-bond donors (Lipinski definition) is 1. The molecule has 3 aromatic heterocycles. The third-order valence-corrected chi connectivity index (χ3v) is 6.08. The minimum absolute atomic E-state index is 0.0560. The first-order valence-corrected chi connectivity index (χ1v) is 11.2. The van der Waals surface area contributed by atoms with E-state index in [4.69, 9.17) is 9.72 Å². The first-order chi connectivity index (χ1) is 14.6. The summed E-state index contributed by atoms with van der Waals surface area (Å²) in [5, 5.41) is 5.11. The normalized spacial score (nSPS) is 16.2. The number of aryl methyl sites for hydroxylation is 2. The Balaban J connectivity index is 1.63. The number of pyridine rings is 1. The first-order valence-electron chi connectivity index (χ1n) is 10.3. The van der Waals surface area contributed by atoms with Crippen LogP contribution in [0.2, 0.25) is 0 Å². The smallest absolute Gasteiger partial charge is 0.246 e. The maximum absolute atomic E-state index is 11.9. The molecule has 1 aliphatic rings. The van der Waals surface area contributed by atoms with Crippen LogP contribution in [0.4, 0.5) is 10.9 Å². The summed E-state index contributed by atoms with van der Waals surface area (Å²) >= 11 is 1.59. The Bertz CT molecular complexity index is 1060. The van der Waals surface area contributed by atoms with Gasteiger partial charge in [-0.25, -0.2) is 4.98 Å². The van der Waals surface area contributed by atoms with Crippen LogP contribution < -0.4 is 10.1 Å². The Labute approximate surface area is 180 Å². The summed E-state index contributed by atoms with van der Waals surface area (Å²) in [7, 11) is 0. The summed E-state index contributed by atoms with van der Waals surface area (Å²) in [4.78, 5) is 23.9. The number of nitrogens with zero attached hydrogens (tertiary/aromatic N) is 4. The Hall–Kier alpha value is -2.87. The van der Waals surface area contributed by atoms with Crippen LogP contribution in [0.25, 0.3) is 10.9 Å². The highest BCUT2D eigenvalue weighted by Gasteiger charge is 2.27. The molecule has 4 rings (SSSR count). The van der Waals surface area contributed by atoms with Gasteiger partial charge < -0.3 is 19.5 Å². The van der Waals surface area contributed by atoms with Crippen LogP contribution in [0, 0.1) is 6.92 Å². The lowest BCUT2D eigenvalue weighted by Gasteiger charge is -2.17. The van der Waals surface area contributed by atoms with Crippen LogP contribution in [0.3, 0.4) is 0 Å². The highest BCUT2D eigenvalue weighted by molar-refractivity contribution is 7.15. The van der Waals surface area contributed by atoms with E-state index in [1.54, 1.807) is 16.2 Å². The molecule has 1 fully saturated rings. The molecule has 4 heterocycles. The zero-order valence-electron chi connectivity index (χ0n) is 17.4. The molecule has 158 valence electrons. The van der Waals surface area contributed by atoms with E-state index in [0.717, 1.165) is 46.7 Å². The quantitative estimate of drug-likeness (QED) is 0.538. The number of fused-ring (bicyclic) bond motifs is 1. The monoisotopic (exact) mass is 425 g/mol. The molecule has 0 spiro atoms. The maximum Gasteiger partial charge on any atom is 0.246 e. The topological polar surface area (TPSA) is 72.3 Å². The molecule has 1 N–H and O–H groups in total. The van der Waals surface area contributed by atoms with E-state index < -0.39 is 0 Å². The van der Waals surface area contributed by atoms with Gasteiger partial charge in [0.2, 0.25) is 11.8 Å². The van der Waals surface area contributed by atoms with Crippen LogP contribution in [0.5, 0.6) is 5.88 Å². The molecule has 1 saturated heterocycles. The number of amides is 1. The fourth-order valence-electron chi connectivity index (χ4n) is 3.67. The third-order valence-electron chi connectivity index (χ3n) is 5.25. The van der Waals surface area contributed by atoms with Gasteiger partial charge in [-0.05, 0) is 25.5 Å². The number of thiazole rings is 1. The number of ether oxygens (including phenoxy) is 1. The summed E-state index contributed by atoms with van der Waals surface area (Å²) in [6.07, 6.45) is 8.23. The van der Waals surface area contributed by atoms with Crippen molar-refractivity contribution < 1.29 is 9.53 Å². The van der Waals surface area contributed by atoms with Crippen LogP contribution in [-0.2, 0) is 11.3 Å². The zero-order valence-corrected chi connectivity index (χ0v) is 18.2. The van der Waals surface area contributed by atoms with Gasteiger partial charge >= 0.3 is 0 Å². The van der Waals surface area contributed by atoms with E-state index in [1.165, 1.54) is 6.08 Å². The molecular weight excluding hydrogens is 398 g/mol. The van der Waals surface area contributed by atoms with Crippen molar-refractivity contribution in [3.63, 3.8) is 0 Å². The number of likely N-dealkylation sites (tertiary alicyclic amines) is 1. The average Bonchev–Trinajstić information content (AvgIpc) is 3.46. The van der Waals surface area contributed by atoms with Crippen molar-refractivity contribution in [3.05, 3.63) is 42.1 Å². The number of rotatable bonds is 8. The van der Waals surface area contributed by atoms with Crippen molar-refractivity contribution in [1.29, 1.82) is 0 Å². The Kier molecular flexibility index (Phi) is 6.03. The number of carbonyl (C=O) groups excluding carboxylic acids is 1. The molecule has 1 aliphatic heterocycles. The lowest BCUT2D eigenvalue weighted by atomic mass is 10.3. The molecule has 30 heavy (non-hydrogen) atoms. The SMILES string of the molecule is C=CC(=O)N1CCC(Oc2nc(Nc3ncc(C)s3)cc3c2ccn3CCCC)C1. The van der Waals surface area contributed by atoms with Crippen molar-refractivity contribution in [2.24, 2.45) is 0 Å². The van der Waals surface area contributed by atoms with Crippen LogP contribution >= 0.6 is 11.3 Å². The molecule has 7 nitrogen and oxygen atoms in total. The van der Waals surface area contributed by atoms with E-state index >= 15 is 0 Å². The fourth-order valence-corrected chi connectivity index (χ4v) is 4.34. The summed E-state index contributed by atoms with van der Waals surface area (Å²) in [5.74, 6) is 1.25. The minimum Gasteiger partial charge on any atom is -0.472 e. The maximum atomic E-state index is 11.9. The van der Waals surface area contributed by atoms with Crippen molar-refractivity contribution in [2.75, 3.05) is 18.4 Å². The fraction of sp³-hybridized carbons (Fsp3) is 0.409. The highest BCUT2D eigenvalue weighted by atomic mass is 32.1. The molecule has 1 unspecified atom stereocenters. The van der Waals surface area contributed by atoms with Gasteiger partial charge in [-0.15, -0.1) is 11.3 Å². The van der Waals surface area contributed by atoms with Crippen molar-refractivity contribution >= 4 is 39.1 Å². The first kappa shape index (κ1) is 20.4. The largest absolute Gasteiger partial charge is 0.472 e. The molecule has 0 bridgehead atoms. The van der Waals surface area contributed by atoms with E-state index in [1.807, 2.05) is 13.1 Å². The van der Waals surface area contributed by atoms with Gasteiger partial charge in [0.05, 0.1) is 17.4 Å². The highest BCUT2D eigenvalue weighted by Crippen LogP contribution is 2.32. The van der Waals surface area contributed by atoms with E-state index in [9.17, 15) is 4.79 Å². The average molecular weight is 426 g/mol.